The molecule has 1 rings (SSSR count). The molecule has 6 nitrogen and oxygen atoms in total. The van der Waals surface area contributed by atoms with Crippen molar-refractivity contribution >= 4 is 0 Å². The van der Waals surface area contributed by atoms with Crippen LogP contribution in [0.1, 0.15) is 32.0 Å². The SMILES string of the molecule is COCCOCCCOc1cc(=O)[nH]c(C(C)C)n1. The largest absolute Gasteiger partial charge is 0.477 e. The van der Waals surface area contributed by atoms with Crippen LogP contribution < -0.4 is 10.3 Å². The van der Waals surface area contributed by atoms with Gasteiger partial charge in [0.15, 0.2) is 0 Å². The van der Waals surface area contributed by atoms with Gasteiger partial charge in [-0.1, -0.05) is 13.8 Å². The molecule has 0 atom stereocenters. The molecule has 0 fully saturated rings. The van der Waals surface area contributed by atoms with Crippen molar-refractivity contribution in [1.82, 2.24) is 9.97 Å². The summed E-state index contributed by atoms with van der Waals surface area (Å²) >= 11 is 0. The first kappa shape index (κ1) is 15.7. The number of nitrogens with zero attached hydrogens (tertiary/aromatic N) is 1. The molecule has 0 amide bonds. The minimum absolute atomic E-state index is 0.161. The van der Waals surface area contributed by atoms with Gasteiger partial charge in [0.1, 0.15) is 5.82 Å². The summed E-state index contributed by atoms with van der Waals surface area (Å²) in [4.78, 5) is 18.3. The van der Waals surface area contributed by atoms with E-state index in [4.69, 9.17) is 14.2 Å². The zero-order valence-corrected chi connectivity index (χ0v) is 11.8. The second kappa shape index (κ2) is 8.66. The Morgan fingerprint density at radius 3 is 2.74 bits per heavy atom. The molecule has 0 spiro atoms. The average Bonchev–Trinajstić information content (AvgIpc) is 2.37. The van der Waals surface area contributed by atoms with Crippen molar-refractivity contribution in [2.45, 2.75) is 26.2 Å². The lowest BCUT2D eigenvalue weighted by atomic mass is 10.2. The number of rotatable bonds is 9. The quantitative estimate of drug-likeness (QED) is 0.685. The van der Waals surface area contributed by atoms with Gasteiger partial charge < -0.3 is 19.2 Å². The van der Waals surface area contributed by atoms with Crippen LogP contribution in [0.4, 0.5) is 0 Å². The molecule has 0 unspecified atom stereocenters. The summed E-state index contributed by atoms with van der Waals surface area (Å²) in [6.45, 7) is 6.17. The van der Waals surface area contributed by atoms with Gasteiger partial charge in [-0.3, -0.25) is 4.79 Å². The van der Waals surface area contributed by atoms with Crippen LogP contribution in [-0.4, -0.2) is 43.5 Å². The topological polar surface area (TPSA) is 73.4 Å². The lowest BCUT2D eigenvalue weighted by Crippen LogP contribution is -2.14. The van der Waals surface area contributed by atoms with Crippen molar-refractivity contribution in [3.05, 3.63) is 22.2 Å². The second-order valence-electron chi connectivity index (χ2n) is 4.43. The van der Waals surface area contributed by atoms with Gasteiger partial charge in [0.25, 0.3) is 5.56 Å². The van der Waals surface area contributed by atoms with E-state index in [9.17, 15) is 4.79 Å². The van der Waals surface area contributed by atoms with E-state index < -0.39 is 0 Å². The van der Waals surface area contributed by atoms with Gasteiger partial charge in [-0.25, -0.2) is 0 Å². The maximum atomic E-state index is 11.4. The van der Waals surface area contributed by atoms with Crippen LogP contribution in [0.2, 0.25) is 0 Å². The van der Waals surface area contributed by atoms with Crippen molar-refractivity contribution in [2.75, 3.05) is 33.5 Å². The Bertz CT molecular complexity index is 417. The summed E-state index contributed by atoms with van der Waals surface area (Å²) in [7, 11) is 1.64. The number of aromatic nitrogens is 2. The molecule has 1 N–H and O–H groups in total. The number of nitrogens with one attached hydrogen (secondary N) is 1. The van der Waals surface area contributed by atoms with Gasteiger partial charge in [0.2, 0.25) is 5.88 Å². The number of H-pyrrole nitrogens is 1. The Labute approximate surface area is 113 Å². The summed E-state index contributed by atoms with van der Waals surface area (Å²) < 4.78 is 15.6. The smallest absolute Gasteiger partial charge is 0.254 e. The molecule has 6 heteroatoms. The summed E-state index contributed by atoms with van der Waals surface area (Å²) in [5, 5.41) is 0. The fourth-order valence-corrected chi connectivity index (χ4v) is 1.38. The molecule has 1 aromatic rings. The maximum Gasteiger partial charge on any atom is 0.254 e. The van der Waals surface area contributed by atoms with E-state index in [1.54, 1.807) is 7.11 Å². The van der Waals surface area contributed by atoms with Crippen molar-refractivity contribution in [3.63, 3.8) is 0 Å². The Hall–Kier alpha value is -1.40. The highest BCUT2D eigenvalue weighted by atomic mass is 16.5. The van der Waals surface area contributed by atoms with Crippen LogP contribution in [0.25, 0.3) is 0 Å². The Balaban J connectivity index is 2.31. The minimum Gasteiger partial charge on any atom is -0.477 e. The first-order valence-electron chi connectivity index (χ1n) is 6.44. The third-order valence-corrected chi connectivity index (χ3v) is 2.40. The van der Waals surface area contributed by atoms with Gasteiger partial charge in [-0.15, -0.1) is 0 Å². The van der Waals surface area contributed by atoms with Gasteiger partial charge in [-0.2, -0.15) is 4.98 Å². The number of methoxy groups -OCH3 is 1. The highest BCUT2D eigenvalue weighted by Gasteiger charge is 2.05. The predicted molar refractivity (Wildman–Crippen MR) is 71.8 cm³/mol. The van der Waals surface area contributed by atoms with E-state index in [-0.39, 0.29) is 11.5 Å². The number of hydrogen-bond donors (Lipinski definition) is 1. The van der Waals surface area contributed by atoms with E-state index in [1.807, 2.05) is 13.8 Å². The standard InChI is InChI=1S/C13H22N2O4/c1-10(2)13-14-11(16)9-12(15-13)19-6-4-5-18-8-7-17-3/h9-10H,4-8H2,1-3H3,(H,14,15,16). The number of ether oxygens (including phenoxy) is 3. The summed E-state index contributed by atoms with van der Waals surface area (Å²) in [5.41, 5.74) is -0.190. The molecule has 0 aliphatic carbocycles. The first-order chi connectivity index (χ1) is 9.13. The molecule has 0 aliphatic heterocycles. The molecule has 0 saturated heterocycles. The lowest BCUT2D eigenvalue weighted by molar-refractivity contribution is 0.0641. The molecule has 108 valence electrons. The first-order valence-corrected chi connectivity index (χ1v) is 6.44. The molecule has 0 aromatic carbocycles. The van der Waals surface area contributed by atoms with E-state index in [0.717, 1.165) is 6.42 Å². The molecule has 1 aromatic heterocycles. The highest BCUT2D eigenvalue weighted by Crippen LogP contribution is 2.10. The molecule has 1 heterocycles. The van der Waals surface area contributed by atoms with E-state index in [1.165, 1.54) is 6.07 Å². The lowest BCUT2D eigenvalue weighted by Gasteiger charge is -2.08. The monoisotopic (exact) mass is 270 g/mol. The van der Waals surface area contributed by atoms with Crippen LogP contribution in [0.15, 0.2) is 10.9 Å². The highest BCUT2D eigenvalue weighted by molar-refractivity contribution is 5.10. The van der Waals surface area contributed by atoms with Crippen LogP contribution >= 0.6 is 0 Å². The van der Waals surface area contributed by atoms with Crippen LogP contribution in [0.3, 0.4) is 0 Å². The fourth-order valence-electron chi connectivity index (χ4n) is 1.38. The summed E-state index contributed by atoms with van der Waals surface area (Å²) in [6.07, 6.45) is 0.745. The molecular weight excluding hydrogens is 248 g/mol. The van der Waals surface area contributed by atoms with E-state index in [0.29, 0.717) is 38.1 Å². The van der Waals surface area contributed by atoms with Crippen molar-refractivity contribution in [1.29, 1.82) is 0 Å². The zero-order valence-electron chi connectivity index (χ0n) is 11.8. The van der Waals surface area contributed by atoms with Crippen molar-refractivity contribution in [2.24, 2.45) is 0 Å². The molecular formula is C13H22N2O4. The van der Waals surface area contributed by atoms with E-state index >= 15 is 0 Å². The normalized spacial score (nSPS) is 10.9. The van der Waals surface area contributed by atoms with Crippen molar-refractivity contribution < 1.29 is 14.2 Å². The van der Waals surface area contributed by atoms with Gasteiger partial charge >= 0.3 is 0 Å². The summed E-state index contributed by atoms with van der Waals surface area (Å²) in [6, 6.07) is 1.36. The zero-order chi connectivity index (χ0) is 14.1. The number of hydrogen-bond acceptors (Lipinski definition) is 5. The van der Waals surface area contributed by atoms with Crippen LogP contribution in [0.5, 0.6) is 5.88 Å². The molecule has 0 bridgehead atoms. The Morgan fingerprint density at radius 1 is 1.26 bits per heavy atom. The Morgan fingerprint density at radius 2 is 2.05 bits per heavy atom. The molecule has 0 aliphatic rings. The van der Waals surface area contributed by atoms with Crippen molar-refractivity contribution in [3.8, 4) is 5.88 Å². The average molecular weight is 270 g/mol. The van der Waals surface area contributed by atoms with Gasteiger partial charge in [-0.05, 0) is 0 Å². The fraction of sp³-hybridized carbons (Fsp3) is 0.692. The third kappa shape index (κ3) is 6.35. The van der Waals surface area contributed by atoms with Gasteiger partial charge in [0, 0.05) is 26.1 Å². The Kier molecular flexibility index (Phi) is 7.14. The van der Waals surface area contributed by atoms with Crippen LogP contribution in [-0.2, 0) is 9.47 Å². The molecule has 0 radical (unpaired) electrons. The maximum absolute atomic E-state index is 11.4. The van der Waals surface area contributed by atoms with E-state index in [2.05, 4.69) is 9.97 Å². The predicted octanol–water partition coefficient (Wildman–Crippen LogP) is 1.33. The minimum atomic E-state index is -0.190. The number of aromatic amines is 1. The van der Waals surface area contributed by atoms with Gasteiger partial charge in [0.05, 0.1) is 25.9 Å². The molecule has 0 saturated carbocycles. The summed E-state index contributed by atoms with van der Waals surface area (Å²) in [5.74, 6) is 1.16. The van der Waals surface area contributed by atoms with Crippen LogP contribution in [0, 0.1) is 0 Å². The third-order valence-electron chi connectivity index (χ3n) is 2.40. The second-order valence-corrected chi connectivity index (χ2v) is 4.43. The molecule has 19 heavy (non-hydrogen) atoms.